The number of carbonyl (C=O) groups is 1. The van der Waals surface area contributed by atoms with E-state index in [-0.39, 0.29) is 109 Å². The smallest absolute Gasteiger partial charge is 0.652 e. The van der Waals surface area contributed by atoms with Gasteiger partial charge in [0.1, 0.15) is 11.3 Å². The maximum absolute atomic E-state index is 9.31. The summed E-state index contributed by atoms with van der Waals surface area (Å²) in [6, 6.07) is 9.13. The fourth-order valence-corrected chi connectivity index (χ4v) is 1.09. The molecular formula is C10H7K2NO4. The summed E-state index contributed by atoms with van der Waals surface area (Å²) in [5.74, 6) is 0.239. The Morgan fingerprint density at radius 2 is 1.65 bits per heavy atom. The fourth-order valence-electron chi connectivity index (χ4n) is 1.09. The summed E-state index contributed by atoms with van der Waals surface area (Å²) in [4.78, 5) is 12.4. The molecule has 0 spiro atoms. The monoisotopic (exact) mass is 283 g/mol. The van der Waals surface area contributed by atoms with Gasteiger partial charge in [-0.1, -0.05) is 18.2 Å². The number of benzene rings is 1. The predicted octanol–water partition coefficient (Wildman–Crippen LogP) is -6.50. The average Bonchev–Trinajstić information content (AvgIpc) is 2.18. The van der Waals surface area contributed by atoms with Crippen LogP contribution in [0.5, 0.6) is 5.75 Å². The molecule has 0 atom stereocenters. The van der Waals surface area contributed by atoms with Crippen LogP contribution >= 0.6 is 0 Å². The minimum absolute atomic E-state index is 0. The standard InChI is InChI=1S/C9H7NO.CH2O3.2K/c11-8-5-1-3-7-4-2-6-10-9(7)8;2-1(3)4;;/h1-6,11H;(H2,2,3,4);;/q;;2*+1/p-2. The maximum Gasteiger partial charge on any atom is 1.00 e. The zero-order valence-corrected chi connectivity index (χ0v) is 15.8. The van der Waals surface area contributed by atoms with E-state index in [1.165, 1.54) is 0 Å². The third-order valence-corrected chi connectivity index (χ3v) is 1.61. The van der Waals surface area contributed by atoms with Gasteiger partial charge in [0.25, 0.3) is 0 Å². The van der Waals surface area contributed by atoms with Crippen molar-refractivity contribution in [3.8, 4) is 5.75 Å². The van der Waals surface area contributed by atoms with Crippen molar-refractivity contribution in [3.05, 3.63) is 36.5 Å². The largest absolute Gasteiger partial charge is 1.00 e. The van der Waals surface area contributed by atoms with Gasteiger partial charge >= 0.3 is 103 Å². The first-order valence-corrected chi connectivity index (χ1v) is 4.02. The summed E-state index contributed by atoms with van der Waals surface area (Å²) in [5, 5.41) is 26.9. The van der Waals surface area contributed by atoms with Crippen molar-refractivity contribution in [2.45, 2.75) is 0 Å². The molecular weight excluding hydrogens is 276 g/mol. The summed E-state index contributed by atoms with van der Waals surface area (Å²) in [6.07, 6.45) is -0.665. The Morgan fingerprint density at radius 3 is 2.18 bits per heavy atom. The summed E-state index contributed by atoms with van der Waals surface area (Å²) in [6.45, 7) is 0. The second kappa shape index (κ2) is 10.9. The van der Waals surface area contributed by atoms with Crippen LogP contribution in [-0.2, 0) is 0 Å². The van der Waals surface area contributed by atoms with Crippen molar-refractivity contribution in [2.75, 3.05) is 0 Å². The Bertz CT molecular complexity index is 469. The molecule has 2 aromatic rings. The van der Waals surface area contributed by atoms with Crippen LogP contribution in [0.15, 0.2) is 36.5 Å². The fraction of sp³-hybridized carbons (Fsp3) is 0. The molecule has 1 aromatic heterocycles. The summed E-state index contributed by atoms with van der Waals surface area (Å²) in [7, 11) is 0. The van der Waals surface area contributed by atoms with E-state index < -0.39 is 6.16 Å². The van der Waals surface area contributed by atoms with Crippen LogP contribution in [0.25, 0.3) is 10.9 Å². The van der Waals surface area contributed by atoms with E-state index >= 15 is 0 Å². The molecule has 17 heavy (non-hydrogen) atoms. The minimum Gasteiger partial charge on any atom is -0.652 e. The number of carboxylic acid groups (broad SMARTS) is 2. The number of phenolic OH excluding ortho intramolecular Hbond substituents is 1. The van der Waals surface area contributed by atoms with Gasteiger partial charge in [-0.2, -0.15) is 0 Å². The van der Waals surface area contributed by atoms with E-state index in [1.54, 1.807) is 18.3 Å². The molecule has 5 nitrogen and oxygen atoms in total. The Morgan fingerprint density at radius 1 is 1.12 bits per heavy atom. The number of pyridine rings is 1. The maximum atomic E-state index is 9.31. The van der Waals surface area contributed by atoms with E-state index in [0.717, 1.165) is 5.39 Å². The van der Waals surface area contributed by atoms with Crippen molar-refractivity contribution < 1.29 is 123 Å². The van der Waals surface area contributed by atoms with Crippen LogP contribution in [0.3, 0.4) is 0 Å². The molecule has 0 unspecified atom stereocenters. The second-order valence-electron chi connectivity index (χ2n) is 2.60. The second-order valence-corrected chi connectivity index (χ2v) is 2.60. The zero-order valence-electron chi connectivity index (χ0n) is 9.58. The van der Waals surface area contributed by atoms with Gasteiger partial charge in [-0.15, -0.1) is 0 Å². The quantitative estimate of drug-likeness (QED) is 0.485. The number of rotatable bonds is 0. The van der Waals surface area contributed by atoms with E-state index in [4.69, 9.17) is 15.0 Å². The Kier molecular flexibility index (Phi) is 13.0. The number of nitrogens with zero attached hydrogens (tertiary/aromatic N) is 1. The Balaban J connectivity index is 0. The van der Waals surface area contributed by atoms with E-state index in [1.807, 2.05) is 18.2 Å². The molecule has 0 aliphatic heterocycles. The topological polar surface area (TPSA) is 96.3 Å². The number of aromatic hydroxyl groups is 1. The first kappa shape index (κ1) is 20.3. The van der Waals surface area contributed by atoms with Crippen LogP contribution in [0, 0.1) is 0 Å². The van der Waals surface area contributed by atoms with Crippen molar-refractivity contribution in [2.24, 2.45) is 0 Å². The Labute approximate surface area is 183 Å². The molecule has 0 radical (unpaired) electrons. The molecule has 1 heterocycles. The molecule has 1 aromatic carbocycles. The third-order valence-electron chi connectivity index (χ3n) is 1.61. The van der Waals surface area contributed by atoms with Crippen molar-refractivity contribution in [1.29, 1.82) is 0 Å². The molecule has 0 saturated carbocycles. The molecule has 1 N–H and O–H groups in total. The van der Waals surface area contributed by atoms with Crippen molar-refractivity contribution in [1.82, 2.24) is 4.98 Å². The molecule has 2 rings (SSSR count). The van der Waals surface area contributed by atoms with Crippen LogP contribution in [0.1, 0.15) is 0 Å². The molecule has 0 fully saturated rings. The van der Waals surface area contributed by atoms with Gasteiger partial charge in [0, 0.05) is 11.6 Å². The van der Waals surface area contributed by atoms with Crippen molar-refractivity contribution in [3.63, 3.8) is 0 Å². The molecule has 78 valence electrons. The van der Waals surface area contributed by atoms with Crippen LogP contribution in [0.2, 0.25) is 0 Å². The average molecular weight is 283 g/mol. The number of fused-ring (bicyclic) bond motifs is 1. The van der Waals surface area contributed by atoms with Gasteiger partial charge in [-0.25, -0.2) is 0 Å². The van der Waals surface area contributed by atoms with E-state index in [0.29, 0.717) is 5.52 Å². The number of phenols is 1. The summed E-state index contributed by atoms with van der Waals surface area (Å²) < 4.78 is 0. The van der Waals surface area contributed by atoms with Gasteiger partial charge in [0.2, 0.25) is 0 Å². The Hall–Kier alpha value is 0.973. The van der Waals surface area contributed by atoms with Crippen molar-refractivity contribution >= 4 is 17.1 Å². The van der Waals surface area contributed by atoms with E-state index in [9.17, 15) is 5.11 Å². The van der Waals surface area contributed by atoms with Gasteiger partial charge in [0.05, 0.1) is 0 Å². The van der Waals surface area contributed by atoms with Gasteiger partial charge in [0.15, 0.2) is 0 Å². The van der Waals surface area contributed by atoms with Crippen LogP contribution in [-0.4, -0.2) is 16.2 Å². The van der Waals surface area contributed by atoms with E-state index in [2.05, 4.69) is 4.98 Å². The number of carbonyl (C=O) groups excluding carboxylic acids is 1. The number of para-hydroxylation sites is 1. The molecule has 0 amide bonds. The van der Waals surface area contributed by atoms with Gasteiger partial charge in [-0.3, -0.25) is 4.98 Å². The molecule has 0 aliphatic rings. The summed E-state index contributed by atoms with van der Waals surface area (Å²) in [5.41, 5.74) is 0.662. The molecule has 0 aliphatic carbocycles. The predicted molar refractivity (Wildman–Crippen MR) is 48.8 cm³/mol. The molecule has 0 saturated heterocycles. The first-order chi connectivity index (χ1) is 7.11. The SMILES string of the molecule is O=C([O-])[O-].Oc1cccc2cccnc12.[K+].[K+]. The number of aromatic nitrogens is 1. The van der Waals surface area contributed by atoms with Gasteiger partial charge < -0.3 is 20.1 Å². The summed E-state index contributed by atoms with van der Waals surface area (Å²) >= 11 is 0. The normalized spacial score (nSPS) is 8.00. The minimum atomic E-state index is -2.33. The first-order valence-electron chi connectivity index (χ1n) is 4.02. The molecule has 0 bridgehead atoms. The number of hydrogen-bond acceptors (Lipinski definition) is 5. The van der Waals surface area contributed by atoms with Crippen LogP contribution in [0.4, 0.5) is 4.79 Å². The van der Waals surface area contributed by atoms with Gasteiger partial charge in [-0.05, 0) is 18.3 Å². The molecule has 7 heteroatoms. The number of hydrogen-bond donors (Lipinski definition) is 1. The van der Waals surface area contributed by atoms with Crippen LogP contribution < -0.4 is 113 Å². The third kappa shape index (κ3) is 7.88. The zero-order chi connectivity index (χ0) is 11.3.